The zero-order chi connectivity index (χ0) is 13.1. The van der Waals surface area contributed by atoms with E-state index in [1.165, 1.54) is 0 Å². The van der Waals surface area contributed by atoms with Gasteiger partial charge in [-0.1, -0.05) is 28.1 Å². The van der Waals surface area contributed by atoms with Crippen molar-refractivity contribution in [2.75, 3.05) is 0 Å². The molecule has 0 unspecified atom stereocenters. The summed E-state index contributed by atoms with van der Waals surface area (Å²) < 4.78 is 31.5. The van der Waals surface area contributed by atoms with Crippen molar-refractivity contribution in [3.8, 4) is 11.5 Å². The summed E-state index contributed by atoms with van der Waals surface area (Å²) in [6.45, 7) is 1.89. The first-order valence-electron chi connectivity index (χ1n) is 5.38. The normalized spacial score (nSPS) is 10.4. The maximum absolute atomic E-state index is 13.0. The van der Waals surface area contributed by atoms with E-state index in [0.717, 1.165) is 34.7 Å². The second-order valence-electron chi connectivity index (χ2n) is 3.94. The molecule has 0 aliphatic carbocycles. The summed E-state index contributed by atoms with van der Waals surface area (Å²) in [6, 6.07) is 8.76. The van der Waals surface area contributed by atoms with Crippen LogP contribution in [0.2, 0.25) is 0 Å². The van der Waals surface area contributed by atoms with E-state index in [2.05, 4.69) is 15.9 Å². The van der Waals surface area contributed by atoms with Gasteiger partial charge in [-0.2, -0.15) is 0 Å². The molecule has 0 N–H and O–H groups in total. The Hall–Kier alpha value is -1.42. The van der Waals surface area contributed by atoms with Crippen molar-refractivity contribution < 1.29 is 13.5 Å². The molecule has 2 rings (SSSR count). The van der Waals surface area contributed by atoms with Crippen molar-refractivity contribution in [2.24, 2.45) is 0 Å². The van der Waals surface area contributed by atoms with Gasteiger partial charge in [0.1, 0.15) is 23.1 Å². The minimum absolute atomic E-state index is 0.155. The fourth-order valence-electron chi connectivity index (χ4n) is 1.62. The molecular weight excluding hydrogens is 302 g/mol. The van der Waals surface area contributed by atoms with Gasteiger partial charge >= 0.3 is 0 Å². The third kappa shape index (κ3) is 3.07. The number of rotatable bonds is 3. The van der Waals surface area contributed by atoms with Crippen LogP contribution in [0.3, 0.4) is 0 Å². The Morgan fingerprint density at radius 1 is 1.06 bits per heavy atom. The summed E-state index contributed by atoms with van der Waals surface area (Å²) in [4.78, 5) is 0. The SMILES string of the molecule is Cc1cc(CBr)ccc1Oc1cc(F)cc(F)c1. The number of ether oxygens (including phenoxy) is 1. The zero-order valence-corrected chi connectivity index (χ0v) is 11.3. The van der Waals surface area contributed by atoms with Crippen molar-refractivity contribution in [1.29, 1.82) is 0 Å². The Morgan fingerprint density at radius 2 is 1.72 bits per heavy atom. The van der Waals surface area contributed by atoms with Crippen LogP contribution in [-0.4, -0.2) is 0 Å². The minimum atomic E-state index is -0.653. The lowest BCUT2D eigenvalue weighted by molar-refractivity contribution is 0.465. The third-order valence-corrected chi connectivity index (χ3v) is 3.11. The van der Waals surface area contributed by atoms with Crippen molar-refractivity contribution in [3.05, 3.63) is 59.2 Å². The summed E-state index contributed by atoms with van der Waals surface area (Å²) in [5, 5.41) is 0.753. The van der Waals surface area contributed by atoms with E-state index in [1.807, 2.05) is 19.1 Å². The molecule has 0 atom stereocenters. The van der Waals surface area contributed by atoms with Crippen LogP contribution < -0.4 is 4.74 Å². The minimum Gasteiger partial charge on any atom is -0.457 e. The molecule has 0 bridgehead atoms. The van der Waals surface area contributed by atoms with Crippen LogP contribution in [0, 0.1) is 18.6 Å². The molecule has 0 spiro atoms. The van der Waals surface area contributed by atoms with Gasteiger partial charge in [0.25, 0.3) is 0 Å². The van der Waals surface area contributed by atoms with E-state index < -0.39 is 11.6 Å². The molecule has 0 amide bonds. The number of aryl methyl sites for hydroxylation is 1. The van der Waals surface area contributed by atoms with Crippen LogP contribution in [-0.2, 0) is 5.33 Å². The molecule has 4 heteroatoms. The average Bonchev–Trinajstić information content (AvgIpc) is 2.30. The van der Waals surface area contributed by atoms with Crippen LogP contribution in [0.1, 0.15) is 11.1 Å². The van der Waals surface area contributed by atoms with Crippen LogP contribution in [0.15, 0.2) is 36.4 Å². The molecule has 2 aromatic carbocycles. The predicted molar refractivity (Wildman–Crippen MR) is 70.2 cm³/mol. The molecule has 0 saturated heterocycles. The van der Waals surface area contributed by atoms with Gasteiger partial charge in [0, 0.05) is 23.5 Å². The zero-order valence-electron chi connectivity index (χ0n) is 9.71. The Morgan fingerprint density at radius 3 is 2.28 bits per heavy atom. The second-order valence-corrected chi connectivity index (χ2v) is 4.50. The lowest BCUT2D eigenvalue weighted by Crippen LogP contribution is -1.91. The lowest BCUT2D eigenvalue weighted by atomic mass is 10.1. The topological polar surface area (TPSA) is 9.23 Å². The number of hydrogen-bond donors (Lipinski definition) is 0. The summed E-state index contributed by atoms with van der Waals surface area (Å²) in [5.41, 5.74) is 2.03. The van der Waals surface area contributed by atoms with E-state index in [9.17, 15) is 8.78 Å². The molecule has 0 aliphatic rings. The predicted octanol–water partition coefficient (Wildman–Crippen LogP) is 4.96. The van der Waals surface area contributed by atoms with Crippen molar-refractivity contribution in [1.82, 2.24) is 0 Å². The van der Waals surface area contributed by atoms with Crippen LogP contribution in [0.25, 0.3) is 0 Å². The smallest absolute Gasteiger partial charge is 0.133 e. The molecule has 0 saturated carbocycles. The quantitative estimate of drug-likeness (QED) is 0.728. The molecule has 0 fully saturated rings. The molecular formula is C14H11BrF2O. The number of halogens is 3. The number of benzene rings is 2. The van der Waals surface area contributed by atoms with Crippen molar-refractivity contribution in [2.45, 2.75) is 12.3 Å². The maximum Gasteiger partial charge on any atom is 0.133 e. The Balaban J connectivity index is 2.28. The van der Waals surface area contributed by atoms with E-state index in [1.54, 1.807) is 6.07 Å². The molecule has 18 heavy (non-hydrogen) atoms. The highest BCUT2D eigenvalue weighted by Gasteiger charge is 2.05. The number of alkyl halides is 1. The molecule has 0 aliphatic heterocycles. The van der Waals surface area contributed by atoms with Gasteiger partial charge in [-0.15, -0.1) is 0 Å². The van der Waals surface area contributed by atoms with Gasteiger partial charge in [-0.05, 0) is 24.1 Å². The van der Waals surface area contributed by atoms with E-state index in [0.29, 0.717) is 5.75 Å². The van der Waals surface area contributed by atoms with Crippen LogP contribution in [0.4, 0.5) is 8.78 Å². The molecule has 2 aromatic rings. The molecule has 0 radical (unpaired) electrons. The van der Waals surface area contributed by atoms with Gasteiger partial charge < -0.3 is 4.74 Å². The first-order valence-corrected chi connectivity index (χ1v) is 6.50. The Labute approximate surface area is 113 Å². The summed E-state index contributed by atoms with van der Waals surface area (Å²) in [5.74, 6) is -0.564. The summed E-state index contributed by atoms with van der Waals surface area (Å²) in [7, 11) is 0. The van der Waals surface area contributed by atoms with Gasteiger partial charge in [-0.25, -0.2) is 8.78 Å². The van der Waals surface area contributed by atoms with Crippen molar-refractivity contribution >= 4 is 15.9 Å². The highest BCUT2D eigenvalue weighted by Crippen LogP contribution is 2.27. The monoisotopic (exact) mass is 312 g/mol. The largest absolute Gasteiger partial charge is 0.457 e. The van der Waals surface area contributed by atoms with E-state index in [4.69, 9.17) is 4.74 Å². The van der Waals surface area contributed by atoms with Crippen molar-refractivity contribution in [3.63, 3.8) is 0 Å². The summed E-state index contributed by atoms with van der Waals surface area (Å²) in [6.07, 6.45) is 0. The fourth-order valence-corrected chi connectivity index (χ4v) is 1.97. The standard InChI is InChI=1S/C14H11BrF2O/c1-9-4-10(8-15)2-3-14(9)18-13-6-11(16)5-12(17)7-13/h2-7H,8H2,1H3. The highest BCUT2D eigenvalue weighted by atomic mass is 79.9. The maximum atomic E-state index is 13.0. The third-order valence-electron chi connectivity index (χ3n) is 2.46. The highest BCUT2D eigenvalue weighted by molar-refractivity contribution is 9.08. The van der Waals surface area contributed by atoms with Gasteiger partial charge in [-0.3, -0.25) is 0 Å². The first-order chi connectivity index (χ1) is 8.58. The summed E-state index contributed by atoms with van der Waals surface area (Å²) >= 11 is 3.36. The van der Waals surface area contributed by atoms with Gasteiger partial charge in [0.05, 0.1) is 0 Å². The Kier molecular flexibility index (Phi) is 3.97. The fraction of sp³-hybridized carbons (Fsp3) is 0.143. The van der Waals surface area contributed by atoms with Gasteiger partial charge in [0.2, 0.25) is 0 Å². The first kappa shape index (κ1) is 13.0. The van der Waals surface area contributed by atoms with Gasteiger partial charge in [0.15, 0.2) is 0 Å². The average molecular weight is 313 g/mol. The second kappa shape index (κ2) is 5.48. The lowest BCUT2D eigenvalue weighted by Gasteiger charge is -2.10. The van der Waals surface area contributed by atoms with E-state index >= 15 is 0 Å². The van der Waals surface area contributed by atoms with Crippen LogP contribution in [0.5, 0.6) is 11.5 Å². The van der Waals surface area contributed by atoms with Crippen LogP contribution >= 0.6 is 15.9 Å². The Bertz CT molecular complexity index is 549. The molecule has 0 heterocycles. The molecule has 94 valence electrons. The number of hydrogen-bond acceptors (Lipinski definition) is 1. The molecule has 1 nitrogen and oxygen atoms in total. The molecule has 0 aromatic heterocycles. The van der Waals surface area contributed by atoms with E-state index in [-0.39, 0.29) is 5.75 Å².